The first-order valence-electron chi connectivity index (χ1n) is 10.5. The molecule has 0 fully saturated rings. The van der Waals surface area contributed by atoms with Crippen LogP contribution in [-0.4, -0.2) is 30.2 Å². The monoisotopic (exact) mass is 419 g/mol. The van der Waals surface area contributed by atoms with Crippen molar-refractivity contribution >= 4 is 66.2 Å². The minimum absolute atomic E-state index is 0.0933. The zero-order valence-corrected chi connectivity index (χ0v) is 17.2. The molecule has 154 valence electrons. The summed E-state index contributed by atoms with van der Waals surface area (Å²) in [5, 5.41) is 6.94. The first kappa shape index (κ1) is 18.8. The summed E-state index contributed by atoms with van der Waals surface area (Å²) in [6.07, 6.45) is -0.187. The molecule has 5 heteroatoms. The van der Waals surface area contributed by atoms with Gasteiger partial charge in [0, 0.05) is 33.0 Å². The molecule has 5 aromatic carbocycles. The van der Waals surface area contributed by atoms with E-state index in [1.165, 1.54) is 7.05 Å². The van der Waals surface area contributed by atoms with Crippen LogP contribution in [0.3, 0.4) is 0 Å². The molecule has 0 unspecified atom stereocenters. The summed E-state index contributed by atoms with van der Waals surface area (Å²) < 4.78 is 0. The van der Waals surface area contributed by atoms with Crippen LogP contribution in [0.5, 0.6) is 0 Å². The van der Waals surface area contributed by atoms with Crippen LogP contribution in [0.25, 0.3) is 43.1 Å². The largest absolute Gasteiger partial charge is 0.333 e. The van der Waals surface area contributed by atoms with Gasteiger partial charge in [-0.25, -0.2) is 0 Å². The lowest BCUT2D eigenvalue weighted by Crippen LogP contribution is -2.17. The summed E-state index contributed by atoms with van der Waals surface area (Å²) in [7, 11) is 1.50. The summed E-state index contributed by atoms with van der Waals surface area (Å²) in [5.74, 6) is -0.598. The molecule has 2 aliphatic rings. The maximum Gasteiger partial charge on any atom is 0.171 e. The zero-order valence-electron chi connectivity index (χ0n) is 17.2. The Balaban J connectivity index is 0.000000953. The number of hydrogen-bond acceptors (Lipinski definition) is 5. The number of ketones is 4. The minimum Gasteiger partial charge on any atom is -0.333 e. The van der Waals surface area contributed by atoms with Gasteiger partial charge in [-0.15, -0.1) is 0 Å². The van der Waals surface area contributed by atoms with E-state index in [1.54, 1.807) is 24.3 Å². The van der Waals surface area contributed by atoms with E-state index in [0.29, 0.717) is 22.3 Å². The van der Waals surface area contributed by atoms with E-state index in [1.807, 2.05) is 24.3 Å². The lowest BCUT2D eigenvalue weighted by molar-refractivity contribution is 0.0874. The fourth-order valence-electron chi connectivity index (χ4n) is 5.49. The van der Waals surface area contributed by atoms with E-state index in [-0.39, 0.29) is 36.0 Å². The molecule has 0 radical (unpaired) electrons. The number of hydrogen-bond donors (Lipinski definition) is 1. The summed E-state index contributed by atoms with van der Waals surface area (Å²) in [4.78, 5) is 50.2. The first-order chi connectivity index (χ1) is 15.5. The van der Waals surface area contributed by atoms with Crippen LogP contribution in [0.4, 0.5) is 0 Å². The highest BCUT2D eigenvalue weighted by Gasteiger charge is 2.30. The summed E-state index contributed by atoms with van der Waals surface area (Å²) in [5.41, 5.74) is 6.85. The molecular formula is C27H17NO4. The Morgan fingerprint density at radius 3 is 0.938 bits per heavy atom. The Kier molecular flexibility index (Phi) is 3.68. The van der Waals surface area contributed by atoms with Crippen molar-refractivity contribution in [1.29, 1.82) is 0 Å². The van der Waals surface area contributed by atoms with E-state index in [2.05, 4.69) is 5.73 Å². The number of benzene rings is 5. The third-order valence-electron chi connectivity index (χ3n) is 6.75. The second kappa shape index (κ2) is 6.28. The summed E-state index contributed by atoms with van der Waals surface area (Å²) >= 11 is 0. The van der Waals surface area contributed by atoms with Gasteiger partial charge in [-0.3, -0.25) is 19.2 Å². The Morgan fingerprint density at radius 2 is 0.688 bits per heavy atom. The average Bonchev–Trinajstić information content (AvgIpc) is 2.81. The second-order valence-corrected chi connectivity index (χ2v) is 8.19. The molecule has 0 saturated carbocycles. The van der Waals surface area contributed by atoms with E-state index >= 15 is 0 Å². The van der Waals surface area contributed by atoms with Crippen molar-refractivity contribution in [2.24, 2.45) is 5.73 Å². The normalized spacial score (nSPS) is 15.2. The van der Waals surface area contributed by atoms with Crippen molar-refractivity contribution in [2.75, 3.05) is 7.05 Å². The standard InChI is InChI=1S/C26H12O4.CH5N/c27-19-9-20(28)16-7-3-13-14-4-8-18-22(30)10-21(29)17-6-2-12(24(14)26(17)18)11-1-5-15(19)25(16)23(11)13;1-2/h1-8H,9-10H2;2H2,1H3. The molecule has 5 nitrogen and oxygen atoms in total. The van der Waals surface area contributed by atoms with Crippen LogP contribution in [0.1, 0.15) is 54.3 Å². The summed E-state index contributed by atoms with van der Waals surface area (Å²) in [6, 6.07) is 14.9. The molecule has 2 N–H and O–H groups in total. The Morgan fingerprint density at radius 1 is 0.438 bits per heavy atom. The Labute approximate surface area is 182 Å². The van der Waals surface area contributed by atoms with Crippen LogP contribution < -0.4 is 5.73 Å². The van der Waals surface area contributed by atoms with Crippen LogP contribution in [-0.2, 0) is 0 Å². The van der Waals surface area contributed by atoms with Gasteiger partial charge in [-0.1, -0.05) is 48.5 Å². The number of Topliss-reactive ketones (excluding diaryl/α,β-unsaturated/α-hetero) is 4. The van der Waals surface area contributed by atoms with Gasteiger partial charge in [-0.05, 0) is 39.4 Å². The van der Waals surface area contributed by atoms with Crippen LogP contribution >= 0.6 is 0 Å². The molecule has 7 rings (SSSR count). The number of carbonyl (C=O) groups is 4. The van der Waals surface area contributed by atoms with Gasteiger partial charge in [0.2, 0.25) is 0 Å². The summed E-state index contributed by atoms with van der Waals surface area (Å²) in [6.45, 7) is 0. The third-order valence-corrected chi connectivity index (χ3v) is 6.75. The van der Waals surface area contributed by atoms with Gasteiger partial charge < -0.3 is 5.73 Å². The maximum absolute atomic E-state index is 12.6. The van der Waals surface area contributed by atoms with Crippen LogP contribution in [0.15, 0.2) is 48.5 Å². The highest BCUT2D eigenvalue weighted by Crippen LogP contribution is 2.45. The molecule has 0 atom stereocenters. The van der Waals surface area contributed by atoms with E-state index in [4.69, 9.17) is 0 Å². The second-order valence-electron chi connectivity index (χ2n) is 8.19. The molecule has 2 aliphatic carbocycles. The van der Waals surface area contributed by atoms with Gasteiger partial charge >= 0.3 is 0 Å². The molecular weight excluding hydrogens is 402 g/mol. The predicted octanol–water partition coefficient (Wildman–Crippen LogP) is 4.85. The minimum atomic E-state index is -0.150. The van der Waals surface area contributed by atoms with E-state index in [0.717, 1.165) is 43.1 Å². The Hall–Kier alpha value is -3.96. The van der Waals surface area contributed by atoms with E-state index in [9.17, 15) is 19.2 Å². The van der Waals surface area contributed by atoms with Crippen LogP contribution in [0, 0.1) is 0 Å². The van der Waals surface area contributed by atoms with Crippen molar-refractivity contribution in [3.63, 3.8) is 0 Å². The fraction of sp³-hybridized carbons (Fsp3) is 0.111. The van der Waals surface area contributed by atoms with E-state index < -0.39 is 0 Å². The van der Waals surface area contributed by atoms with Gasteiger partial charge in [0.25, 0.3) is 0 Å². The van der Waals surface area contributed by atoms with Crippen molar-refractivity contribution < 1.29 is 19.2 Å². The van der Waals surface area contributed by atoms with Crippen molar-refractivity contribution in [3.8, 4) is 0 Å². The highest BCUT2D eigenvalue weighted by molar-refractivity contribution is 6.41. The topological polar surface area (TPSA) is 94.3 Å². The van der Waals surface area contributed by atoms with Crippen LogP contribution in [0.2, 0.25) is 0 Å². The molecule has 0 bridgehead atoms. The molecule has 0 heterocycles. The molecule has 5 aromatic rings. The van der Waals surface area contributed by atoms with Crippen molar-refractivity contribution in [3.05, 3.63) is 70.8 Å². The lowest BCUT2D eigenvalue weighted by Gasteiger charge is -2.23. The number of rotatable bonds is 0. The highest BCUT2D eigenvalue weighted by atomic mass is 16.2. The number of fused-ring (bicyclic) bond motifs is 2. The maximum atomic E-state index is 12.6. The average molecular weight is 419 g/mol. The first-order valence-corrected chi connectivity index (χ1v) is 10.5. The Bertz CT molecular complexity index is 1470. The molecule has 0 aliphatic heterocycles. The number of carbonyl (C=O) groups excluding carboxylic acids is 4. The molecule has 0 amide bonds. The van der Waals surface area contributed by atoms with Gasteiger partial charge in [0.05, 0.1) is 12.8 Å². The quantitative estimate of drug-likeness (QED) is 0.220. The van der Waals surface area contributed by atoms with Gasteiger partial charge in [0.15, 0.2) is 23.1 Å². The fourth-order valence-corrected chi connectivity index (χ4v) is 5.49. The van der Waals surface area contributed by atoms with Gasteiger partial charge in [-0.2, -0.15) is 0 Å². The third kappa shape index (κ3) is 2.11. The van der Waals surface area contributed by atoms with Crippen molar-refractivity contribution in [2.45, 2.75) is 12.8 Å². The predicted molar refractivity (Wildman–Crippen MR) is 124 cm³/mol. The number of nitrogens with two attached hydrogens (primary N) is 1. The molecule has 0 saturated heterocycles. The molecule has 0 spiro atoms. The SMILES string of the molecule is CN.O=C1CC(=O)c2ccc3c4ccc5c6c(ccc(c7ccc1c2c73)c64)C(=O)CC5=O. The van der Waals surface area contributed by atoms with Crippen molar-refractivity contribution in [1.82, 2.24) is 0 Å². The molecule has 0 aromatic heterocycles. The zero-order chi connectivity index (χ0) is 22.3. The smallest absolute Gasteiger partial charge is 0.171 e. The van der Waals surface area contributed by atoms with Gasteiger partial charge in [0.1, 0.15) is 0 Å². The molecule has 32 heavy (non-hydrogen) atoms. The lowest BCUT2D eigenvalue weighted by atomic mass is 9.79.